The van der Waals surface area contributed by atoms with Gasteiger partial charge in [-0.3, -0.25) is 9.59 Å². The summed E-state index contributed by atoms with van der Waals surface area (Å²) in [6, 6.07) is 6.86. The molecule has 8 heteroatoms. The minimum Gasteiger partial charge on any atom is -0.376 e. The number of carbonyl (C=O) groups is 2. The smallest absolute Gasteiger partial charge is 0.243 e. The van der Waals surface area contributed by atoms with E-state index < -0.39 is 6.04 Å². The quantitative estimate of drug-likeness (QED) is 0.715. The summed E-state index contributed by atoms with van der Waals surface area (Å²) >= 11 is 0. The Balaban J connectivity index is 0. The van der Waals surface area contributed by atoms with Crippen LogP contribution in [-0.2, 0) is 9.59 Å². The van der Waals surface area contributed by atoms with Crippen molar-refractivity contribution in [1.29, 1.82) is 0 Å². The third-order valence-electron chi connectivity index (χ3n) is 3.10. The number of hydrogen-bond acceptors (Lipinski definition) is 4. The highest BCUT2D eigenvalue weighted by molar-refractivity contribution is 5.97. The van der Waals surface area contributed by atoms with Gasteiger partial charge >= 0.3 is 0 Å². The van der Waals surface area contributed by atoms with Crippen LogP contribution in [0.5, 0.6) is 0 Å². The van der Waals surface area contributed by atoms with E-state index in [1.807, 2.05) is 57.1 Å². The Hall–Kier alpha value is -1.50. The zero-order valence-electron chi connectivity index (χ0n) is 13.8. The average Bonchev–Trinajstić information content (AvgIpc) is 2.44. The van der Waals surface area contributed by atoms with Crippen LogP contribution in [0, 0.1) is 5.92 Å². The normalized spacial score (nSPS) is 10.9. The molecule has 0 aromatic heterocycles. The van der Waals surface area contributed by atoms with Crippen molar-refractivity contribution in [1.82, 2.24) is 5.32 Å². The van der Waals surface area contributed by atoms with E-state index in [2.05, 4.69) is 10.6 Å². The van der Waals surface area contributed by atoms with Gasteiger partial charge in [-0.15, -0.1) is 24.8 Å². The van der Waals surface area contributed by atoms with E-state index in [1.54, 1.807) is 0 Å². The lowest BCUT2D eigenvalue weighted by molar-refractivity contribution is -0.125. The van der Waals surface area contributed by atoms with Crippen molar-refractivity contribution >= 4 is 48.0 Å². The highest BCUT2D eigenvalue weighted by atomic mass is 35.5. The topological polar surface area (TPSA) is 87.5 Å². The molecule has 1 rings (SSSR count). The number of hydrogen-bond donors (Lipinski definition) is 3. The van der Waals surface area contributed by atoms with Gasteiger partial charge in [-0.05, 0) is 18.1 Å². The second-order valence-corrected chi connectivity index (χ2v) is 5.45. The van der Waals surface area contributed by atoms with Gasteiger partial charge < -0.3 is 21.3 Å². The van der Waals surface area contributed by atoms with Crippen LogP contribution >= 0.6 is 24.8 Å². The molecule has 1 atom stereocenters. The predicted octanol–water partition coefficient (Wildman–Crippen LogP) is 1.63. The Bertz CT molecular complexity index is 510. The maximum atomic E-state index is 11.9. The number of rotatable bonds is 6. The fraction of sp³-hybridized carbons (Fsp3) is 0.467. The third kappa shape index (κ3) is 7.54. The number of halogens is 2. The number of nitrogens with two attached hydrogens (primary N) is 1. The van der Waals surface area contributed by atoms with E-state index in [1.165, 1.54) is 0 Å². The number of para-hydroxylation sites is 2. The molecular formula is C15H26Cl2N4O2. The Labute approximate surface area is 150 Å². The minimum atomic E-state index is -0.605. The molecular weight excluding hydrogens is 339 g/mol. The Morgan fingerprint density at radius 1 is 1.17 bits per heavy atom. The zero-order chi connectivity index (χ0) is 16.0. The molecule has 0 spiro atoms. The van der Waals surface area contributed by atoms with Crippen molar-refractivity contribution in [2.24, 2.45) is 11.7 Å². The van der Waals surface area contributed by atoms with Crippen LogP contribution in [0.15, 0.2) is 24.3 Å². The fourth-order valence-electron chi connectivity index (χ4n) is 1.75. The van der Waals surface area contributed by atoms with Crippen molar-refractivity contribution < 1.29 is 9.59 Å². The maximum absolute atomic E-state index is 11.9. The molecule has 6 nitrogen and oxygen atoms in total. The van der Waals surface area contributed by atoms with E-state index >= 15 is 0 Å². The van der Waals surface area contributed by atoms with Crippen LogP contribution < -0.4 is 21.3 Å². The number of carbonyl (C=O) groups excluding carboxylic acids is 2. The van der Waals surface area contributed by atoms with Crippen LogP contribution in [0.1, 0.15) is 13.8 Å². The Morgan fingerprint density at radius 2 is 1.74 bits per heavy atom. The molecule has 0 bridgehead atoms. The van der Waals surface area contributed by atoms with Gasteiger partial charge in [-0.1, -0.05) is 26.0 Å². The first-order chi connectivity index (χ1) is 9.82. The van der Waals surface area contributed by atoms with Gasteiger partial charge in [-0.25, -0.2) is 0 Å². The van der Waals surface area contributed by atoms with Gasteiger partial charge in [0, 0.05) is 14.1 Å². The molecule has 0 aliphatic heterocycles. The fourth-order valence-corrected chi connectivity index (χ4v) is 1.75. The molecule has 1 aromatic carbocycles. The molecule has 2 amide bonds. The summed E-state index contributed by atoms with van der Waals surface area (Å²) in [5.41, 5.74) is 7.31. The summed E-state index contributed by atoms with van der Waals surface area (Å²) in [6.45, 7) is 3.62. The maximum Gasteiger partial charge on any atom is 0.243 e. The average molecular weight is 365 g/mol. The minimum absolute atomic E-state index is 0. The molecule has 0 unspecified atom stereocenters. The summed E-state index contributed by atoms with van der Waals surface area (Å²) < 4.78 is 0. The van der Waals surface area contributed by atoms with E-state index in [0.717, 1.165) is 5.69 Å². The molecule has 132 valence electrons. The van der Waals surface area contributed by atoms with Gasteiger partial charge in [0.15, 0.2) is 0 Å². The Kier molecular flexibility index (Phi) is 11.5. The molecule has 0 aliphatic rings. The van der Waals surface area contributed by atoms with Crippen LogP contribution in [0.3, 0.4) is 0 Å². The van der Waals surface area contributed by atoms with Gasteiger partial charge in [-0.2, -0.15) is 0 Å². The lowest BCUT2D eigenvalue weighted by atomic mass is 10.1. The molecule has 0 radical (unpaired) electrons. The number of amides is 2. The third-order valence-corrected chi connectivity index (χ3v) is 3.10. The lowest BCUT2D eigenvalue weighted by Crippen LogP contribution is -2.46. The van der Waals surface area contributed by atoms with Crippen molar-refractivity contribution in [3.8, 4) is 0 Å². The van der Waals surface area contributed by atoms with E-state index in [9.17, 15) is 9.59 Å². The number of nitrogens with zero attached hydrogens (tertiary/aromatic N) is 1. The molecule has 0 heterocycles. The standard InChI is InChI=1S/C15H24N4O2.2ClH/c1-10(2)14(16)15(21)17-9-13(20)18-11-7-5-6-8-12(11)19(3)4;;/h5-8,10,14H,9,16H2,1-4H3,(H,17,21)(H,18,20);2*1H/t14-;;/m0../s1. The largest absolute Gasteiger partial charge is 0.376 e. The number of benzene rings is 1. The first-order valence-corrected chi connectivity index (χ1v) is 6.92. The summed E-state index contributed by atoms with van der Waals surface area (Å²) in [4.78, 5) is 25.5. The van der Waals surface area contributed by atoms with Crippen LogP contribution in [-0.4, -0.2) is 38.5 Å². The molecule has 1 aromatic rings. The molecule has 0 fully saturated rings. The molecule has 4 N–H and O–H groups in total. The van der Waals surface area contributed by atoms with Gasteiger partial charge in [0.05, 0.1) is 24.0 Å². The highest BCUT2D eigenvalue weighted by Crippen LogP contribution is 2.23. The molecule has 23 heavy (non-hydrogen) atoms. The first kappa shape index (κ1) is 23.8. The molecule has 0 aliphatic carbocycles. The highest BCUT2D eigenvalue weighted by Gasteiger charge is 2.17. The number of nitrogens with one attached hydrogen (secondary N) is 2. The van der Waals surface area contributed by atoms with Crippen LogP contribution in [0.25, 0.3) is 0 Å². The zero-order valence-corrected chi connectivity index (χ0v) is 15.5. The second-order valence-electron chi connectivity index (χ2n) is 5.45. The van der Waals surface area contributed by atoms with E-state index in [-0.39, 0.29) is 49.1 Å². The van der Waals surface area contributed by atoms with Gasteiger partial charge in [0.1, 0.15) is 0 Å². The van der Waals surface area contributed by atoms with Crippen LogP contribution in [0.4, 0.5) is 11.4 Å². The monoisotopic (exact) mass is 364 g/mol. The summed E-state index contributed by atoms with van der Waals surface area (Å²) in [5, 5.41) is 5.32. The SMILES string of the molecule is CC(C)[C@H](N)C(=O)NCC(=O)Nc1ccccc1N(C)C.Cl.Cl. The summed E-state index contributed by atoms with van der Waals surface area (Å²) in [7, 11) is 3.79. The summed E-state index contributed by atoms with van der Waals surface area (Å²) in [5.74, 6) is -0.572. The van der Waals surface area contributed by atoms with E-state index in [4.69, 9.17) is 5.73 Å². The predicted molar refractivity (Wildman–Crippen MR) is 99.7 cm³/mol. The van der Waals surface area contributed by atoms with Crippen molar-refractivity contribution in [3.63, 3.8) is 0 Å². The van der Waals surface area contributed by atoms with Gasteiger partial charge in [0.2, 0.25) is 11.8 Å². The number of anilines is 2. The summed E-state index contributed by atoms with van der Waals surface area (Å²) in [6.07, 6.45) is 0. The van der Waals surface area contributed by atoms with Crippen molar-refractivity contribution in [2.45, 2.75) is 19.9 Å². The first-order valence-electron chi connectivity index (χ1n) is 6.92. The van der Waals surface area contributed by atoms with Crippen LogP contribution in [0.2, 0.25) is 0 Å². The molecule has 0 saturated carbocycles. The Morgan fingerprint density at radius 3 is 2.26 bits per heavy atom. The van der Waals surface area contributed by atoms with E-state index in [0.29, 0.717) is 5.69 Å². The van der Waals surface area contributed by atoms with Crippen molar-refractivity contribution in [3.05, 3.63) is 24.3 Å². The van der Waals surface area contributed by atoms with Gasteiger partial charge in [0.25, 0.3) is 0 Å². The molecule has 0 saturated heterocycles. The lowest BCUT2D eigenvalue weighted by Gasteiger charge is -2.18. The van der Waals surface area contributed by atoms with Crippen molar-refractivity contribution in [2.75, 3.05) is 30.9 Å². The second kappa shape index (κ2) is 11.1.